The number of hydrogen-bond donors (Lipinski definition) is 1. The summed E-state index contributed by atoms with van der Waals surface area (Å²) >= 11 is 0. The third-order valence-corrected chi connectivity index (χ3v) is 5.05. The Balaban J connectivity index is 1.91. The minimum absolute atomic E-state index is 0.0337. The van der Waals surface area contributed by atoms with Gasteiger partial charge in [-0.05, 0) is 26.7 Å². The van der Waals surface area contributed by atoms with Crippen molar-refractivity contribution in [1.82, 2.24) is 15.1 Å². The van der Waals surface area contributed by atoms with Crippen molar-refractivity contribution in [3.8, 4) is 0 Å². The molecule has 2 rings (SSSR count). The van der Waals surface area contributed by atoms with Gasteiger partial charge in [-0.25, -0.2) is 0 Å². The lowest BCUT2D eigenvalue weighted by Crippen LogP contribution is -2.56. The van der Waals surface area contributed by atoms with Crippen molar-refractivity contribution in [3.05, 3.63) is 0 Å². The van der Waals surface area contributed by atoms with Gasteiger partial charge in [-0.2, -0.15) is 0 Å². The number of carbonyl (C=O) groups excluding carboxylic acids is 3. The Morgan fingerprint density at radius 1 is 0.913 bits per heavy atom. The van der Waals surface area contributed by atoms with Gasteiger partial charge in [-0.3, -0.25) is 14.4 Å². The fraction of sp³-hybridized carbons (Fsp3) is 0.824. The van der Waals surface area contributed by atoms with E-state index in [1.165, 1.54) is 6.42 Å². The summed E-state index contributed by atoms with van der Waals surface area (Å²) in [6, 6.07) is 0.206. The van der Waals surface area contributed by atoms with Crippen LogP contribution in [0.1, 0.15) is 52.9 Å². The molecule has 3 amide bonds. The van der Waals surface area contributed by atoms with Gasteiger partial charge in [0.15, 0.2) is 0 Å². The zero-order valence-electron chi connectivity index (χ0n) is 14.6. The molecule has 1 heterocycles. The summed E-state index contributed by atoms with van der Waals surface area (Å²) in [5.41, 5.74) is -1.06. The Labute approximate surface area is 138 Å². The van der Waals surface area contributed by atoms with Gasteiger partial charge in [-0.1, -0.05) is 19.3 Å². The molecule has 6 nitrogen and oxygen atoms in total. The summed E-state index contributed by atoms with van der Waals surface area (Å²) in [7, 11) is 0. The predicted octanol–water partition coefficient (Wildman–Crippen LogP) is 1.15. The highest BCUT2D eigenvalue weighted by Crippen LogP contribution is 2.23. The van der Waals surface area contributed by atoms with E-state index in [1.54, 1.807) is 30.6 Å². The van der Waals surface area contributed by atoms with E-state index in [-0.39, 0.29) is 23.8 Å². The van der Waals surface area contributed by atoms with Crippen molar-refractivity contribution in [2.75, 3.05) is 26.2 Å². The molecule has 2 fully saturated rings. The molecular formula is C17H29N3O3. The summed E-state index contributed by atoms with van der Waals surface area (Å²) < 4.78 is 0. The number of nitrogens with zero attached hydrogens (tertiary/aromatic N) is 2. The molecule has 0 atom stereocenters. The highest BCUT2D eigenvalue weighted by molar-refractivity contribution is 6.04. The molecule has 1 aliphatic carbocycles. The lowest BCUT2D eigenvalue weighted by atomic mass is 9.88. The van der Waals surface area contributed by atoms with Crippen molar-refractivity contribution in [3.63, 3.8) is 0 Å². The average molecular weight is 323 g/mol. The van der Waals surface area contributed by atoms with Gasteiger partial charge in [0, 0.05) is 39.1 Å². The predicted molar refractivity (Wildman–Crippen MR) is 87.6 cm³/mol. The van der Waals surface area contributed by atoms with E-state index in [1.807, 2.05) is 0 Å². The molecule has 0 bridgehead atoms. The van der Waals surface area contributed by atoms with Crippen LogP contribution >= 0.6 is 0 Å². The van der Waals surface area contributed by atoms with Gasteiger partial charge in [-0.15, -0.1) is 0 Å². The van der Waals surface area contributed by atoms with E-state index in [2.05, 4.69) is 5.32 Å². The summed E-state index contributed by atoms with van der Waals surface area (Å²) in [5, 5.41) is 3.06. The summed E-state index contributed by atoms with van der Waals surface area (Å²) in [6.45, 7) is 7.02. The molecule has 1 aliphatic heterocycles. The van der Waals surface area contributed by atoms with Gasteiger partial charge in [0.25, 0.3) is 0 Å². The maximum absolute atomic E-state index is 12.7. The molecule has 0 aromatic carbocycles. The van der Waals surface area contributed by atoms with Crippen LogP contribution in [0.25, 0.3) is 0 Å². The molecule has 0 aromatic rings. The Hall–Kier alpha value is -1.59. The fourth-order valence-corrected chi connectivity index (χ4v) is 3.33. The Morgan fingerprint density at radius 3 is 1.96 bits per heavy atom. The summed E-state index contributed by atoms with van der Waals surface area (Å²) in [6.07, 6.45) is 5.54. The number of piperazine rings is 1. The molecule has 1 N–H and O–H groups in total. The number of amides is 3. The molecule has 1 saturated carbocycles. The molecule has 2 aliphatic rings. The maximum Gasteiger partial charge on any atom is 0.237 e. The van der Waals surface area contributed by atoms with E-state index in [4.69, 9.17) is 0 Å². The maximum atomic E-state index is 12.7. The highest BCUT2D eigenvalue weighted by atomic mass is 16.2. The first kappa shape index (κ1) is 17.8. The SMILES string of the molecule is CC(=O)N1CCN(C(=O)C(C)(C)C(=O)NC2CCCCC2)CC1. The van der Waals surface area contributed by atoms with Crippen LogP contribution in [0.5, 0.6) is 0 Å². The lowest BCUT2D eigenvalue weighted by Gasteiger charge is -2.38. The lowest BCUT2D eigenvalue weighted by molar-refractivity contribution is -0.151. The second kappa shape index (κ2) is 7.32. The van der Waals surface area contributed by atoms with Gasteiger partial charge in [0.05, 0.1) is 0 Å². The molecular weight excluding hydrogens is 294 g/mol. The zero-order chi connectivity index (χ0) is 17.0. The Morgan fingerprint density at radius 2 is 1.43 bits per heavy atom. The van der Waals surface area contributed by atoms with E-state index >= 15 is 0 Å². The topological polar surface area (TPSA) is 69.7 Å². The van der Waals surface area contributed by atoms with Gasteiger partial charge >= 0.3 is 0 Å². The van der Waals surface area contributed by atoms with Crippen LogP contribution in [0.15, 0.2) is 0 Å². The molecule has 130 valence electrons. The van der Waals surface area contributed by atoms with Crippen molar-refractivity contribution < 1.29 is 14.4 Å². The molecule has 0 radical (unpaired) electrons. The van der Waals surface area contributed by atoms with Crippen LogP contribution in [0.2, 0.25) is 0 Å². The first-order valence-corrected chi connectivity index (χ1v) is 8.68. The minimum Gasteiger partial charge on any atom is -0.352 e. The monoisotopic (exact) mass is 323 g/mol. The van der Waals surface area contributed by atoms with Crippen LogP contribution in [0.3, 0.4) is 0 Å². The highest BCUT2D eigenvalue weighted by Gasteiger charge is 2.40. The van der Waals surface area contributed by atoms with Crippen LogP contribution in [-0.4, -0.2) is 59.7 Å². The van der Waals surface area contributed by atoms with E-state index in [0.717, 1.165) is 25.7 Å². The first-order valence-electron chi connectivity index (χ1n) is 8.68. The van der Waals surface area contributed by atoms with E-state index in [0.29, 0.717) is 26.2 Å². The molecule has 0 spiro atoms. The largest absolute Gasteiger partial charge is 0.352 e. The van der Waals surface area contributed by atoms with Crippen LogP contribution in [0, 0.1) is 5.41 Å². The Bertz CT molecular complexity index is 462. The summed E-state index contributed by atoms with van der Waals surface area (Å²) in [5.74, 6) is -0.288. The molecule has 0 unspecified atom stereocenters. The number of hydrogen-bond acceptors (Lipinski definition) is 3. The normalized spacial score (nSPS) is 20.3. The van der Waals surface area contributed by atoms with E-state index in [9.17, 15) is 14.4 Å². The zero-order valence-corrected chi connectivity index (χ0v) is 14.6. The van der Waals surface area contributed by atoms with Crippen LogP contribution in [-0.2, 0) is 14.4 Å². The first-order chi connectivity index (χ1) is 10.8. The minimum atomic E-state index is -1.06. The second-order valence-corrected chi connectivity index (χ2v) is 7.23. The standard InChI is InChI=1S/C17H29N3O3/c1-13(21)19-9-11-20(12-10-19)16(23)17(2,3)15(22)18-14-7-5-4-6-8-14/h14H,4-12H2,1-3H3,(H,18,22). The quantitative estimate of drug-likeness (QED) is 0.792. The Kier molecular flexibility index (Phi) is 5.65. The van der Waals surface area contributed by atoms with Gasteiger partial charge in [0.2, 0.25) is 17.7 Å². The van der Waals surface area contributed by atoms with Crippen molar-refractivity contribution in [2.24, 2.45) is 5.41 Å². The van der Waals surface area contributed by atoms with Gasteiger partial charge in [0.1, 0.15) is 5.41 Å². The molecule has 1 saturated heterocycles. The number of nitrogens with one attached hydrogen (secondary N) is 1. The molecule has 6 heteroatoms. The molecule has 23 heavy (non-hydrogen) atoms. The third-order valence-electron chi connectivity index (χ3n) is 5.05. The van der Waals surface area contributed by atoms with Crippen LogP contribution < -0.4 is 5.32 Å². The summed E-state index contributed by atoms with van der Waals surface area (Å²) in [4.78, 5) is 40.1. The average Bonchev–Trinajstić information content (AvgIpc) is 2.55. The fourth-order valence-electron chi connectivity index (χ4n) is 3.33. The van der Waals surface area contributed by atoms with Crippen molar-refractivity contribution in [2.45, 2.75) is 58.9 Å². The second-order valence-electron chi connectivity index (χ2n) is 7.23. The van der Waals surface area contributed by atoms with Crippen LogP contribution in [0.4, 0.5) is 0 Å². The smallest absolute Gasteiger partial charge is 0.237 e. The number of rotatable bonds is 3. The third kappa shape index (κ3) is 4.24. The van der Waals surface area contributed by atoms with Crippen molar-refractivity contribution >= 4 is 17.7 Å². The van der Waals surface area contributed by atoms with E-state index < -0.39 is 5.41 Å². The molecule has 0 aromatic heterocycles. The number of carbonyl (C=O) groups is 3. The van der Waals surface area contributed by atoms with Gasteiger partial charge < -0.3 is 15.1 Å². The van der Waals surface area contributed by atoms with Crippen molar-refractivity contribution in [1.29, 1.82) is 0 Å².